The molecular weight excluding hydrogens is 434 g/mol. The highest BCUT2D eigenvalue weighted by Crippen LogP contribution is 2.40. The second-order valence-corrected chi connectivity index (χ2v) is 8.90. The molecular formula is C19H15BrClN3OS. The second-order valence-electron chi connectivity index (χ2n) is 6.27. The number of thiophene rings is 1. The number of hydrazone groups is 1. The van der Waals surface area contributed by atoms with Crippen LogP contribution in [0.3, 0.4) is 0 Å². The number of carbonyl (C=O) groups is 1. The van der Waals surface area contributed by atoms with Crippen LogP contribution < -0.4 is 5.43 Å². The zero-order chi connectivity index (χ0) is 18.3. The molecule has 1 N–H and O–H groups in total. The van der Waals surface area contributed by atoms with E-state index in [0.29, 0.717) is 15.8 Å². The molecule has 0 radical (unpaired) electrons. The SMILES string of the molecule is C/C(=N/NC(=O)c1cc(C2CC2)nc2ccc(Br)cc12)c1ccc(Cl)s1. The van der Waals surface area contributed by atoms with Crippen LogP contribution in [0, 0.1) is 0 Å². The molecule has 2 aromatic heterocycles. The van der Waals surface area contributed by atoms with Crippen LogP contribution in [0.5, 0.6) is 0 Å². The molecule has 0 aliphatic heterocycles. The lowest BCUT2D eigenvalue weighted by Crippen LogP contribution is -2.20. The number of pyridine rings is 1. The van der Waals surface area contributed by atoms with Gasteiger partial charge >= 0.3 is 0 Å². The molecule has 1 aromatic carbocycles. The molecule has 132 valence electrons. The Bertz CT molecular complexity index is 1040. The third-order valence-electron chi connectivity index (χ3n) is 4.29. The van der Waals surface area contributed by atoms with Crippen molar-refractivity contribution in [3.05, 3.63) is 61.3 Å². The van der Waals surface area contributed by atoms with Gasteiger partial charge in [-0.1, -0.05) is 27.5 Å². The van der Waals surface area contributed by atoms with Crippen LogP contribution in [0.25, 0.3) is 10.9 Å². The summed E-state index contributed by atoms with van der Waals surface area (Å²) in [7, 11) is 0. The topological polar surface area (TPSA) is 54.4 Å². The summed E-state index contributed by atoms with van der Waals surface area (Å²) >= 11 is 10.9. The summed E-state index contributed by atoms with van der Waals surface area (Å²) in [5.41, 5.74) is 5.80. The Morgan fingerprint density at radius 2 is 2.12 bits per heavy atom. The minimum atomic E-state index is -0.237. The molecule has 1 saturated carbocycles. The number of hydrogen-bond donors (Lipinski definition) is 1. The fraction of sp³-hybridized carbons (Fsp3) is 0.211. The van der Waals surface area contributed by atoms with E-state index in [1.54, 1.807) is 0 Å². The van der Waals surface area contributed by atoms with Gasteiger partial charge in [0, 0.05) is 21.5 Å². The molecule has 1 aliphatic carbocycles. The first kappa shape index (κ1) is 17.6. The summed E-state index contributed by atoms with van der Waals surface area (Å²) in [5.74, 6) is 0.229. The number of halogens is 2. The first-order chi connectivity index (χ1) is 12.5. The van der Waals surface area contributed by atoms with E-state index in [1.807, 2.05) is 43.3 Å². The predicted molar refractivity (Wildman–Crippen MR) is 110 cm³/mol. The first-order valence-corrected chi connectivity index (χ1v) is 10.2. The molecule has 0 bridgehead atoms. The van der Waals surface area contributed by atoms with Gasteiger partial charge in [-0.05, 0) is 56.2 Å². The molecule has 4 rings (SSSR count). The van der Waals surface area contributed by atoms with Gasteiger partial charge in [0.25, 0.3) is 5.91 Å². The van der Waals surface area contributed by atoms with Gasteiger partial charge in [-0.25, -0.2) is 5.43 Å². The maximum Gasteiger partial charge on any atom is 0.272 e. The number of nitrogens with one attached hydrogen (secondary N) is 1. The van der Waals surface area contributed by atoms with Gasteiger partial charge in [0.05, 0.1) is 26.0 Å². The number of amides is 1. The van der Waals surface area contributed by atoms with Gasteiger partial charge in [0.1, 0.15) is 0 Å². The summed E-state index contributed by atoms with van der Waals surface area (Å²) in [6.07, 6.45) is 2.26. The smallest absolute Gasteiger partial charge is 0.267 e. The van der Waals surface area contributed by atoms with Crippen LogP contribution in [0.1, 0.15) is 46.6 Å². The van der Waals surface area contributed by atoms with Crippen molar-refractivity contribution in [3.63, 3.8) is 0 Å². The average molecular weight is 449 g/mol. The van der Waals surface area contributed by atoms with Crippen molar-refractivity contribution in [1.82, 2.24) is 10.4 Å². The van der Waals surface area contributed by atoms with E-state index >= 15 is 0 Å². The number of rotatable bonds is 4. The van der Waals surface area contributed by atoms with Crippen molar-refractivity contribution >= 4 is 61.4 Å². The second kappa shape index (κ2) is 7.10. The largest absolute Gasteiger partial charge is 0.272 e. The third-order valence-corrected chi connectivity index (χ3v) is 6.12. The van der Waals surface area contributed by atoms with Gasteiger partial charge in [-0.15, -0.1) is 11.3 Å². The fourth-order valence-electron chi connectivity index (χ4n) is 2.75. The lowest BCUT2D eigenvalue weighted by Gasteiger charge is -2.09. The van der Waals surface area contributed by atoms with Crippen molar-refractivity contribution < 1.29 is 4.79 Å². The Morgan fingerprint density at radius 3 is 2.81 bits per heavy atom. The molecule has 1 fully saturated rings. The number of carbonyl (C=O) groups excluding carboxylic acids is 1. The van der Waals surface area contributed by atoms with Crippen LogP contribution >= 0.6 is 38.9 Å². The highest BCUT2D eigenvalue weighted by Gasteiger charge is 2.27. The molecule has 0 atom stereocenters. The highest BCUT2D eigenvalue weighted by atomic mass is 79.9. The van der Waals surface area contributed by atoms with Gasteiger partial charge in [-0.3, -0.25) is 9.78 Å². The Balaban J connectivity index is 1.68. The number of fused-ring (bicyclic) bond motifs is 1. The van der Waals surface area contributed by atoms with Crippen LogP contribution in [-0.4, -0.2) is 16.6 Å². The Hall–Kier alpha value is -1.76. The number of nitrogens with zero attached hydrogens (tertiary/aromatic N) is 2. The highest BCUT2D eigenvalue weighted by molar-refractivity contribution is 9.10. The quantitative estimate of drug-likeness (QED) is 0.408. The molecule has 0 spiro atoms. The molecule has 1 amide bonds. The summed E-state index contributed by atoms with van der Waals surface area (Å²) in [4.78, 5) is 18.5. The molecule has 4 nitrogen and oxygen atoms in total. The summed E-state index contributed by atoms with van der Waals surface area (Å²) in [5, 5.41) is 5.05. The molecule has 0 unspecified atom stereocenters. The van der Waals surface area contributed by atoms with Crippen LogP contribution in [0.2, 0.25) is 4.34 Å². The monoisotopic (exact) mass is 447 g/mol. The van der Waals surface area contributed by atoms with E-state index in [4.69, 9.17) is 16.6 Å². The maximum absolute atomic E-state index is 12.8. The minimum Gasteiger partial charge on any atom is -0.267 e. The molecule has 2 heterocycles. The molecule has 26 heavy (non-hydrogen) atoms. The normalized spacial score (nSPS) is 14.7. The van der Waals surface area contributed by atoms with Crippen molar-refractivity contribution in [1.29, 1.82) is 0 Å². The van der Waals surface area contributed by atoms with Crippen molar-refractivity contribution in [2.45, 2.75) is 25.7 Å². The summed E-state index contributed by atoms with van der Waals surface area (Å²) < 4.78 is 1.60. The maximum atomic E-state index is 12.8. The Morgan fingerprint density at radius 1 is 1.31 bits per heavy atom. The van der Waals surface area contributed by atoms with E-state index in [0.717, 1.165) is 44.5 Å². The number of benzene rings is 1. The molecule has 3 aromatic rings. The predicted octanol–water partition coefficient (Wildman–Crippen LogP) is 5.74. The Kier molecular flexibility index (Phi) is 4.82. The molecule has 0 saturated heterocycles. The van der Waals surface area contributed by atoms with Gasteiger partial charge in [0.15, 0.2) is 0 Å². The van der Waals surface area contributed by atoms with Crippen molar-refractivity contribution in [3.8, 4) is 0 Å². The first-order valence-electron chi connectivity index (χ1n) is 8.22. The summed E-state index contributed by atoms with van der Waals surface area (Å²) in [6, 6.07) is 11.4. The van der Waals surface area contributed by atoms with Crippen molar-refractivity contribution in [2.24, 2.45) is 5.10 Å². The third kappa shape index (κ3) is 3.68. The summed E-state index contributed by atoms with van der Waals surface area (Å²) in [6.45, 7) is 1.85. The zero-order valence-corrected chi connectivity index (χ0v) is 17.1. The zero-order valence-electron chi connectivity index (χ0n) is 13.9. The van der Waals surface area contributed by atoms with Gasteiger partial charge < -0.3 is 0 Å². The van der Waals surface area contributed by atoms with E-state index in [-0.39, 0.29) is 5.91 Å². The van der Waals surface area contributed by atoms with Crippen molar-refractivity contribution in [2.75, 3.05) is 0 Å². The lowest BCUT2D eigenvalue weighted by molar-refractivity contribution is 0.0956. The minimum absolute atomic E-state index is 0.237. The number of hydrogen-bond acceptors (Lipinski definition) is 4. The fourth-order valence-corrected chi connectivity index (χ4v) is 4.10. The molecule has 7 heteroatoms. The number of aromatic nitrogens is 1. The average Bonchev–Trinajstić information content (AvgIpc) is 3.39. The van der Waals surface area contributed by atoms with E-state index in [2.05, 4.69) is 26.5 Å². The van der Waals surface area contributed by atoms with E-state index < -0.39 is 0 Å². The lowest BCUT2D eigenvalue weighted by atomic mass is 10.1. The van der Waals surface area contributed by atoms with Gasteiger partial charge in [-0.2, -0.15) is 5.10 Å². The van der Waals surface area contributed by atoms with Crippen LogP contribution in [0.4, 0.5) is 0 Å². The van der Waals surface area contributed by atoms with Crippen LogP contribution in [-0.2, 0) is 0 Å². The van der Waals surface area contributed by atoms with Gasteiger partial charge in [0.2, 0.25) is 0 Å². The van der Waals surface area contributed by atoms with Crippen LogP contribution in [0.15, 0.2) is 46.0 Å². The molecule has 1 aliphatic rings. The standard InChI is InChI=1S/C19H15BrClN3OS/c1-10(17-6-7-18(21)26-17)23-24-19(25)14-9-16(11-2-3-11)22-15-5-4-12(20)8-13(14)15/h4-9,11H,2-3H2,1H3,(H,24,25)/b23-10-. The Labute approximate surface area is 168 Å². The van der Waals surface area contributed by atoms with E-state index in [1.165, 1.54) is 11.3 Å². The van der Waals surface area contributed by atoms with E-state index in [9.17, 15) is 4.79 Å².